The molecule has 116 valence electrons. The molecule has 0 fully saturated rings. The molecule has 0 aliphatic heterocycles. The predicted octanol–water partition coefficient (Wildman–Crippen LogP) is 1.59. The van der Waals surface area contributed by atoms with Crippen molar-refractivity contribution in [1.29, 1.82) is 0 Å². The van der Waals surface area contributed by atoms with Crippen molar-refractivity contribution in [3.8, 4) is 5.75 Å². The molecule has 0 spiro atoms. The van der Waals surface area contributed by atoms with Gasteiger partial charge in [0.25, 0.3) is 11.6 Å². The molecule has 0 radical (unpaired) electrons. The van der Waals surface area contributed by atoms with Gasteiger partial charge in [-0.05, 0) is 18.9 Å². The van der Waals surface area contributed by atoms with E-state index in [4.69, 9.17) is 10.5 Å². The molecule has 1 amide bonds. The van der Waals surface area contributed by atoms with E-state index >= 15 is 0 Å². The Kier molecular flexibility index (Phi) is 6.10. The van der Waals surface area contributed by atoms with Crippen LogP contribution in [0.3, 0.4) is 0 Å². The molecule has 0 aliphatic rings. The van der Waals surface area contributed by atoms with Gasteiger partial charge in [-0.2, -0.15) is 0 Å². The summed E-state index contributed by atoms with van der Waals surface area (Å²) in [5.41, 5.74) is 6.00. The molecule has 0 saturated heterocycles. The van der Waals surface area contributed by atoms with Gasteiger partial charge in [0.05, 0.1) is 4.92 Å². The number of nitrogens with one attached hydrogen (secondary N) is 1. The number of ether oxygens (including phenoxy) is 1. The molecule has 1 aromatic carbocycles. The lowest BCUT2D eigenvalue weighted by molar-refractivity contribution is -0.384. The third-order valence-corrected chi connectivity index (χ3v) is 2.83. The number of nitrogens with zero attached hydrogens (tertiary/aromatic N) is 1. The lowest BCUT2D eigenvalue weighted by Gasteiger charge is -2.17. The minimum absolute atomic E-state index is 0.0558. The Morgan fingerprint density at radius 3 is 2.62 bits per heavy atom. The summed E-state index contributed by atoms with van der Waals surface area (Å²) in [7, 11) is 0. The van der Waals surface area contributed by atoms with Crippen LogP contribution in [0.5, 0.6) is 5.75 Å². The molecule has 3 N–H and O–H groups in total. The van der Waals surface area contributed by atoms with Crippen LogP contribution in [-0.4, -0.2) is 23.5 Å². The van der Waals surface area contributed by atoms with Gasteiger partial charge in [0.15, 0.2) is 6.10 Å². The summed E-state index contributed by atoms with van der Waals surface area (Å²) >= 11 is 0. The number of amides is 1. The predicted molar refractivity (Wildman–Crippen MR) is 78.9 cm³/mol. The van der Waals surface area contributed by atoms with Gasteiger partial charge in [-0.15, -0.1) is 0 Å². The first-order valence-corrected chi connectivity index (χ1v) is 6.77. The first kappa shape index (κ1) is 16.9. The van der Waals surface area contributed by atoms with Crippen molar-refractivity contribution in [3.05, 3.63) is 33.9 Å². The standard InChI is InChI=1S/C14H21N3O4/c1-9(2)8-16-14(18)10(3)21-13-5-4-12(17(19)20)6-11(13)7-15/h4-6,9-10H,7-8,15H2,1-3H3,(H,16,18). The maximum Gasteiger partial charge on any atom is 0.270 e. The number of benzene rings is 1. The number of carbonyl (C=O) groups excluding carboxylic acids is 1. The van der Waals surface area contributed by atoms with Crippen molar-refractivity contribution in [2.75, 3.05) is 6.54 Å². The number of nitro groups is 1. The number of hydrogen-bond acceptors (Lipinski definition) is 5. The molecule has 21 heavy (non-hydrogen) atoms. The van der Waals surface area contributed by atoms with E-state index in [0.717, 1.165) is 0 Å². The Balaban J connectivity index is 2.77. The number of hydrogen-bond donors (Lipinski definition) is 2. The zero-order chi connectivity index (χ0) is 16.0. The largest absolute Gasteiger partial charge is 0.481 e. The molecule has 1 atom stereocenters. The second-order valence-electron chi connectivity index (χ2n) is 5.15. The van der Waals surface area contributed by atoms with Crippen LogP contribution in [0.4, 0.5) is 5.69 Å². The molecule has 7 nitrogen and oxygen atoms in total. The van der Waals surface area contributed by atoms with Crippen LogP contribution >= 0.6 is 0 Å². The maximum atomic E-state index is 11.9. The normalized spacial score (nSPS) is 12.0. The first-order valence-electron chi connectivity index (χ1n) is 6.77. The minimum atomic E-state index is -0.699. The van der Waals surface area contributed by atoms with Crippen molar-refractivity contribution in [2.24, 2.45) is 11.7 Å². The van der Waals surface area contributed by atoms with Gasteiger partial charge in [0, 0.05) is 30.8 Å². The monoisotopic (exact) mass is 295 g/mol. The Morgan fingerprint density at radius 1 is 1.43 bits per heavy atom. The fraction of sp³-hybridized carbons (Fsp3) is 0.500. The summed E-state index contributed by atoms with van der Waals surface area (Å²) in [5.74, 6) is 0.500. The van der Waals surface area contributed by atoms with Crippen molar-refractivity contribution in [1.82, 2.24) is 5.32 Å². The van der Waals surface area contributed by atoms with E-state index in [-0.39, 0.29) is 18.1 Å². The third-order valence-electron chi connectivity index (χ3n) is 2.83. The molecule has 7 heteroatoms. The topological polar surface area (TPSA) is 107 Å². The minimum Gasteiger partial charge on any atom is -0.481 e. The molecule has 0 aliphatic carbocycles. The van der Waals surface area contributed by atoms with Gasteiger partial charge >= 0.3 is 0 Å². The average Bonchev–Trinajstić information content (AvgIpc) is 2.44. The van der Waals surface area contributed by atoms with E-state index < -0.39 is 11.0 Å². The van der Waals surface area contributed by atoms with Gasteiger partial charge < -0.3 is 15.8 Å². The van der Waals surface area contributed by atoms with Crippen LogP contribution in [0.2, 0.25) is 0 Å². The number of rotatable bonds is 7. The summed E-state index contributed by atoms with van der Waals surface area (Å²) in [6.45, 7) is 6.27. The van der Waals surface area contributed by atoms with E-state index in [1.807, 2.05) is 13.8 Å². The number of nitro benzene ring substituents is 1. The molecule has 0 aromatic heterocycles. The molecule has 1 rings (SSSR count). The van der Waals surface area contributed by atoms with Crippen LogP contribution < -0.4 is 15.8 Å². The van der Waals surface area contributed by atoms with Crippen molar-refractivity contribution < 1.29 is 14.5 Å². The van der Waals surface area contributed by atoms with Crippen molar-refractivity contribution in [2.45, 2.75) is 33.4 Å². The summed E-state index contributed by atoms with van der Waals surface area (Å²) in [4.78, 5) is 22.1. The van der Waals surface area contributed by atoms with E-state index in [9.17, 15) is 14.9 Å². The average molecular weight is 295 g/mol. The second-order valence-corrected chi connectivity index (χ2v) is 5.15. The molecule has 0 bridgehead atoms. The quantitative estimate of drug-likeness (QED) is 0.586. The van der Waals surface area contributed by atoms with E-state index in [2.05, 4.69) is 5.32 Å². The molecular formula is C14H21N3O4. The van der Waals surface area contributed by atoms with Gasteiger partial charge in [-0.25, -0.2) is 0 Å². The SMILES string of the molecule is CC(C)CNC(=O)C(C)Oc1ccc([N+](=O)[O-])cc1CN. The van der Waals surface area contributed by atoms with Crippen LogP contribution in [0.15, 0.2) is 18.2 Å². The summed E-state index contributed by atoms with van der Waals surface area (Å²) in [6, 6.07) is 4.15. The van der Waals surface area contributed by atoms with E-state index in [1.54, 1.807) is 6.92 Å². The summed E-state index contributed by atoms with van der Waals surface area (Å²) < 4.78 is 5.55. The molecular weight excluding hydrogens is 274 g/mol. The zero-order valence-electron chi connectivity index (χ0n) is 12.5. The third kappa shape index (κ3) is 5.03. The van der Waals surface area contributed by atoms with E-state index in [0.29, 0.717) is 23.8 Å². The lowest BCUT2D eigenvalue weighted by Crippen LogP contribution is -2.38. The number of nitrogens with two attached hydrogens (primary N) is 1. The number of non-ortho nitro benzene ring substituents is 1. The highest BCUT2D eigenvalue weighted by atomic mass is 16.6. The second kappa shape index (κ2) is 7.58. The highest BCUT2D eigenvalue weighted by Gasteiger charge is 2.17. The van der Waals surface area contributed by atoms with Crippen LogP contribution in [0.1, 0.15) is 26.3 Å². The van der Waals surface area contributed by atoms with Crippen molar-refractivity contribution in [3.63, 3.8) is 0 Å². The molecule has 1 aromatic rings. The van der Waals surface area contributed by atoms with Gasteiger partial charge in [-0.3, -0.25) is 14.9 Å². The molecule has 1 unspecified atom stereocenters. The highest BCUT2D eigenvalue weighted by molar-refractivity contribution is 5.80. The van der Waals surface area contributed by atoms with E-state index in [1.165, 1.54) is 18.2 Å². The summed E-state index contributed by atoms with van der Waals surface area (Å²) in [5, 5.41) is 13.5. The smallest absolute Gasteiger partial charge is 0.270 e. The first-order chi connectivity index (χ1) is 9.85. The Hall–Kier alpha value is -2.15. The Morgan fingerprint density at radius 2 is 2.10 bits per heavy atom. The van der Waals surface area contributed by atoms with Crippen LogP contribution in [0, 0.1) is 16.0 Å². The fourth-order valence-corrected chi connectivity index (χ4v) is 1.65. The van der Waals surface area contributed by atoms with Crippen molar-refractivity contribution >= 4 is 11.6 Å². The van der Waals surface area contributed by atoms with Crippen LogP contribution in [0.25, 0.3) is 0 Å². The summed E-state index contributed by atoms with van der Waals surface area (Å²) in [6.07, 6.45) is -0.699. The zero-order valence-corrected chi connectivity index (χ0v) is 12.5. The van der Waals surface area contributed by atoms with Crippen LogP contribution in [-0.2, 0) is 11.3 Å². The highest BCUT2D eigenvalue weighted by Crippen LogP contribution is 2.24. The molecule has 0 saturated carbocycles. The Labute approximate surface area is 123 Å². The molecule has 0 heterocycles. The lowest BCUT2D eigenvalue weighted by atomic mass is 10.1. The van der Waals surface area contributed by atoms with Gasteiger partial charge in [-0.1, -0.05) is 13.8 Å². The maximum absolute atomic E-state index is 11.9. The van der Waals surface area contributed by atoms with Gasteiger partial charge in [0.2, 0.25) is 0 Å². The fourth-order valence-electron chi connectivity index (χ4n) is 1.65. The van der Waals surface area contributed by atoms with Gasteiger partial charge in [0.1, 0.15) is 5.75 Å². The number of carbonyl (C=O) groups is 1. The Bertz CT molecular complexity index is 517.